The van der Waals surface area contributed by atoms with Gasteiger partial charge >= 0.3 is 0 Å². The molecule has 0 radical (unpaired) electrons. The number of methoxy groups -OCH3 is 1. The maximum absolute atomic E-state index is 6.06. The lowest BCUT2D eigenvalue weighted by Gasteiger charge is -2.23. The van der Waals surface area contributed by atoms with Gasteiger partial charge in [0.2, 0.25) is 0 Å². The fraction of sp³-hybridized carbons (Fsp3) is 0.529. The lowest BCUT2D eigenvalue weighted by atomic mass is 10.1. The van der Waals surface area contributed by atoms with Crippen molar-refractivity contribution >= 4 is 12.2 Å². The summed E-state index contributed by atoms with van der Waals surface area (Å²) < 4.78 is 25.9. The Morgan fingerprint density at radius 3 is 2.68 bits per heavy atom. The zero-order valence-electron chi connectivity index (χ0n) is 14.3. The van der Waals surface area contributed by atoms with Crippen molar-refractivity contribution in [2.45, 2.75) is 50.8 Å². The first-order valence-corrected chi connectivity index (χ1v) is 8.62. The van der Waals surface area contributed by atoms with E-state index in [1.807, 2.05) is 48.7 Å². The fourth-order valence-electron chi connectivity index (χ4n) is 3.42. The number of aromatic nitrogens is 3. The average molecular weight is 363 g/mol. The summed E-state index contributed by atoms with van der Waals surface area (Å²) in [5, 5.41) is 7.27. The smallest absolute Gasteiger partial charge is 0.195 e. The first-order chi connectivity index (χ1) is 12.0. The summed E-state index contributed by atoms with van der Waals surface area (Å²) in [4.78, 5) is 0. The van der Waals surface area contributed by atoms with Gasteiger partial charge in [0.15, 0.2) is 22.7 Å². The maximum Gasteiger partial charge on any atom is 0.195 e. The molecule has 0 saturated carbocycles. The number of rotatable bonds is 4. The number of fused-ring (bicyclic) bond motifs is 1. The van der Waals surface area contributed by atoms with Gasteiger partial charge in [0.25, 0.3) is 0 Å². The van der Waals surface area contributed by atoms with Crippen LogP contribution in [0.25, 0.3) is 0 Å². The molecular formula is C17H21N3O4S. The number of hydrogen-bond acceptors (Lipinski definition) is 6. The van der Waals surface area contributed by atoms with Gasteiger partial charge in [-0.25, -0.2) is 0 Å². The largest absolute Gasteiger partial charge is 0.353 e. The first kappa shape index (κ1) is 16.9. The zero-order chi connectivity index (χ0) is 17.6. The van der Waals surface area contributed by atoms with E-state index in [2.05, 4.69) is 10.2 Å². The third kappa shape index (κ3) is 3.04. The second-order valence-electron chi connectivity index (χ2n) is 6.68. The summed E-state index contributed by atoms with van der Waals surface area (Å²) in [5.74, 6) is -0.00407. The molecule has 4 rings (SSSR count). The third-order valence-electron chi connectivity index (χ3n) is 4.47. The normalized spacial score (nSPS) is 30.5. The van der Waals surface area contributed by atoms with Crippen molar-refractivity contribution in [3.8, 4) is 0 Å². The predicted molar refractivity (Wildman–Crippen MR) is 91.4 cm³/mol. The molecule has 2 aliphatic rings. The highest BCUT2D eigenvalue weighted by Crippen LogP contribution is 2.44. The fourth-order valence-corrected chi connectivity index (χ4v) is 3.63. The topological polar surface area (TPSA) is 70.5 Å². The van der Waals surface area contributed by atoms with E-state index in [1.165, 1.54) is 0 Å². The van der Waals surface area contributed by atoms with Gasteiger partial charge in [0.1, 0.15) is 18.3 Å². The number of nitrogens with zero attached hydrogens (tertiary/aromatic N) is 2. The molecule has 0 spiro atoms. The molecule has 1 N–H and O–H groups in total. The standard InChI is InChI=1S/C17H21N3O4S/c1-17(2)23-11-12(22-15(21-3)13(11)24-17)14-18-19-16(25)20(14)9-10-7-5-4-6-8-10/h4-8,11-13,15H,9H2,1-3H3,(H,19,25)/t11-,12+,13-,15-/m1/s1. The third-order valence-corrected chi connectivity index (χ3v) is 4.78. The summed E-state index contributed by atoms with van der Waals surface area (Å²) >= 11 is 5.42. The molecule has 2 saturated heterocycles. The van der Waals surface area contributed by atoms with Crippen LogP contribution in [-0.2, 0) is 25.5 Å². The van der Waals surface area contributed by atoms with Crippen LogP contribution in [0.15, 0.2) is 30.3 Å². The molecule has 25 heavy (non-hydrogen) atoms. The Hall–Kier alpha value is -1.58. The zero-order valence-corrected chi connectivity index (χ0v) is 15.2. The van der Waals surface area contributed by atoms with Crippen molar-refractivity contribution < 1.29 is 18.9 Å². The number of aromatic amines is 1. The monoisotopic (exact) mass is 363 g/mol. The maximum atomic E-state index is 6.06. The lowest BCUT2D eigenvalue weighted by Crippen LogP contribution is -2.30. The average Bonchev–Trinajstić information content (AvgIpc) is 3.20. The first-order valence-electron chi connectivity index (χ1n) is 8.21. The number of H-pyrrole nitrogens is 1. The van der Waals surface area contributed by atoms with Crippen molar-refractivity contribution in [3.63, 3.8) is 0 Å². The quantitative estimate of drug-likeness (QED) is 0.842. The number of benzene rings is 1. The molecule has 7 nitrogen and oxygen atoms in total. The summed E-state index contributed by atoms with van der Waals surface area (Å²) in [7, 11) is 1.60. The Morgan fingerprint density at radius 1 is 1.24 bits per heavy atom. The molecule has 8 heteroatoms. The van der Waals surface area contributed by atoms with Gasteiger partial charge in [0.05, 0.1) is 6.54 Å². The highest BCUT2D eigenvalue weighted by Gasteiger charge is 2.57. The Kier molecular flexibility index (Phi) is 4.25. The van der Waals surface area contributed by atoms with Crippen molar-refractivity contribution in [3.05, 3.63) is 46.5 Å². The van der Waals surface area contributed by atoms with Crippen molar-refractivity contribution in [2.75, 3.05) is 7.11 Å². The van der Waals surface area contributed by atoms with Crippen LogP contribution in [0, 0.1) is 4.77 Å². The van der Waals surface area contributed by atoms with Crippen LogP contribution < -0.4 is 0 Å². The van der Waals surface area contributed by atoms with E-state index >= 15 is 0 Å². The van der Waals surface area contributed by atoms with E-state index in [4.69, 9.17) is 31.2 Å². The van der Waals surface area contributed by atoms with Gasteiger partial charge in [-0.15, -0.1) is 0 Å². The Labute approximate surface area is 150 Å². The molecule has 2 aliphatic heterocycles. The van der Waals surface area contributed by atoms with E-state index in [1.54, 1.807) is 7.11 Å². The van der Waals surface area contributed by atoms with Crippen LogP contribution >= 0.6 is 12.2 Å². The van der Waals surface area contributed by atoms with Crippen molar-refractivity contribution in [1.29, 1.82) is 0 Å². The van der Waals surface area contributed by atoms with Gasteiger partial charge in [-0.05, 0) is 31.6 Å². The van der Waals surface area contributed by atoms with E-state index in [-0.39, 0.29) is 12.2 Å². The molecule has 1 aromatic heterocycles. The molecule has 4 atom stereocenters. The Bertz CT molecular complexity index is 804. The summed E-state index contributed by atoms with van der Waals surface area (Å²) in [5.41, 5.74) is 1.13. The molecule has 0 unspecified atom stereocenters. The summed E-state index contributed by atoms with van der Waals surface area (Å²) in [6, 6.07) is 10.1. The van der Waals surface area contributed by atoms with Gasteiger partial charge in [-0.3, -0.25) is 9.67 Å². The Balaban J connectivity index is 1.67. The SMILES string of the molecule is CO[C@@H]1O[C@H](c2n[nH]c(=S)n2Cc2ccccc2)[C@H]2OC(C)(C)O[C@@H]12. The number of ether oxygens (including phenoxy) is 4. The van der Waals surface area contributed by atoms with Crippen LogP contribution in [0.2, 0.25) is 0 Å². The number of hydrogen-bond donors (Lipinski definition) is 1. The van der Waals surface area contributed by atoms with Crippen molar-refractivity contribution in [2.24, 2.45) is 0 Å². The van der Waals surface area contributed by atoms with E-state index in [0.717, 1.165) is 5.56 Å². The second-order valence-corrected chi connectivity index (χ2v) is 7.07. The van der Waals surface area contributed by atoms with Crippen molar-refractivity contribution in [1.82, 2.24) is 14.8 Å². The molecule has 3 heterocycles. The molecule has 1 aromatic carbocycles. The molecule has 0 aliphatic carbocycles. The van der Waals surface area contributed by atoms with Gasteiger partial charge < -0.3 is 18.9 Å². The minimum Gasteiger partial charge on any atom is -0.353 e. The molecule has 0 bridgehead atoms. The molecule has 2 aromatic rings. The highest BCUT2D eigenvalue weighted by atomic mass is 32.1. The molecule has 134 valence electrons. The van der Waals surface area contributed by atoms with Crippen LogP contribution in [-0.4, -0.2) is 46.2 Å². The van der Waals surface area contributed by atoms with E-state index in [0.29, 0.717) is 17.1 Å². The summed E-state index contributed by atoms with van der Waals surface area (Å²) in [6.07, 6.45) is -1.54. The van der Waals surface area contributed by atoms with Crippen LogP contribution in [0.1, 0.15) is 31.3 Å². The van der Waals surface area contributed by atoms with E-state index < -0.39 is 18.2 Å². The van der Waals surface area contributed by atoms with Gasteiger partial charge in [-0.1, -0.05) is 30.3 Å². The van der Waals surface area contributed by atoms with Gasteiger partial charge in [0, 0.05) is 7.11 Å². The van der Waals surface area contributed by atoms with E-state index in [9.17, 15) is 0 Å². The van der Waals surface area contributed by atoms with Crippen LogP contribution in [0.5, 0.6) is 0 Å². The highest BCUT2D eigenvalue weighted by molar-refractivity contribution is 7.71. The number of nitrogens with one attached hydrogen (secondary N) is 1. The second kappa shape index (κ2) is 6.30. The summed E-state index contributed by atoms with van der Waals surface area (Å²) in [6.45, 7) is 4.37. The Morgan fingerprint density at radius 2 is 1.96 bits per heavy atom. The van der Waals surface area contributed by atoms with Gasteiger partial charge in [-0.2, -0.15) is 5.10 Å². The molecular weight excluding hydrogens is 342 g/mol. The minimum atomic E-state index is -0.689. The van der Waals surface area contributed by atoms with Crippen LogP contribution in [0.4, 0.5) is 0 Å². The molecule has 0 amide bonds. The van der Waals surface area contributed by atoms with Crippen LogP contribution in [0.3, 0.4) is 0 Å². The molecule has 2 fully saturated rings. The minimum absolute atomic E-state index is 0.305. The lowest BCUT2D eigenvalue weighted by molar-refractivity contribution is -0.229. The predicted octanol–water partition coefficient (Wildman–Crippen LogP) is 2.55.